The van der Waals surface area contributed by atoms with Gasteiger partial charge in [-0.05, 0) is 37.4 Å². The van der Waals surface area contributed by atoms with Gasteiger partial charge in [0.05, 0.1) is 6.54 Å². The van der Waals surface area contributed by atoms with E-state index >= 15 is 0 Å². The van der Waals surface area contributed by atoms with Gasteiger partial charge in [-0.15, -0.1) is 0 Å². The van der Waals surface area contributed by atoms with E-state index in [0.717, 1.165) is 31.7 Å². The van der Waals surface area contributed by atoms with Gasteiger partial charge in [0.2, 0.25) is 11.7 Å². The quantitative estimate of drug-likeness (QED) is 0.889. The summed E-state index contributed by atoms with van der Waals surface area (Å²) in [6.45, 7) is 6.09. The van der Waals surface area contributed by atoms with Gasteiger partial charge in [0.25, 0.3) is 0 Å². The summed E-state index contributed by atoms with van der Waals surface area (Å²) in [4.78, 5) is 6.87. The third kappa shape index (κ3) is 3.90. The van der Waals surface area contributed by atoms with Gasteiger partial charge in [-0.2, -0.15) is 16.3 Å². The van der Waals surface area contributed by atoms with E-state index in [9.17, 15) is 0 Å². The Bertz CT molecular complexity index is 534. The first-order valence-corrected chi connectivity index (χ1v) is 8.60. The van der Waals surface area contributed by atoms with Crippen LogP contribution in [0.4, 0.5) is 0 Å². The third-order valence-electron chi connectivity index (χ3n) is 3.94. The van der Waals surface area contributed by atoms with Crippen molar-refractivity contribution in [3.8, 4) is 11.4 Å². The number of nitrogens with one attached hydrogen (secondary N) is 1. The SMILES string of the molecule is CCN(Cc1nc(-c2ccsc2)no1)CC1CCCCN1. The molecule has 2 aromatic heterocycles. The van der Waals surface area contributed by atoms with Crippen molar-refractivity contribution in [2.45, 2.75) is 38.8 Å². The Kier molecular flexibility index (Phi) is 5.00. The molecule has 6 heteroatoms. The highest BCUT2D eigenvalue weighted by Gasteiger charge is 2.18. The molecule has 114 valence electrons. The van der Waals surface area contributed by atoms with Crippen molar-refractivity contribution in [3.63, 3.8) is 0 Å². The molecule has 1 aliphatic rings. The summed E-state index contributed by atoms with van der Waals surface area (Å²) in [6, 6.07) is 2.61. The van der Waals surface area contributed by atoms with Gasteiger partial charge in [0.1, 0.15) is 0 Å². The van der Waals surface area contributed by atoms with Crippen LogP contribution in [0.3, 0.4) is 0 Å². The van der Waals surface area contributed by atoms with Gasteiger partial charge in [-0.25, -0.2) is 0 Å². The fraction of sp³-hybridized carbons (Fsp3) is 0.600. The second kappa shape index (κ2) is 7.15. The number of thiophene rings is 1. The molecular weight excluding hydrogens is 284 g/mol. The van der Waals surface area contributed by atoms with Gasteiger partial charge >= 0.3 is 0 Å². The molecule has 0 aliphatic carbocycles. The first kappa shape index (κ1) is 14.7. The van der Waals surface area contributed by atoms with Gasteiger partial charge in [0.15, 0.2) is 0 Å². The first-order chi connectivity index (χ1) is 10.3. The number of hydrogen-bond donors (Lipinski definition) is 1. The van der Waals surface area contributed by atoms with Crippen molar-refractivity contribution in [1.29, 1.82) is 0 Å². The van der Waals surface area contributed by atoms with Crippen molar-refractivity contribution in [2.75, 3.05) is 19.6 Å². The van der Waals surface area contributed by atoms with Crippen molar-refractivity contribution >= 4 is 11.3 Å². The highest BCUT2D eigenvalue weighted by Crippen LogP contribution is 2.19. The summed E-state index contributed by atoms with van der Waals surface area (Å²) >= 11 is 1.65. The van der Waals surface area contributed by atoms with Gasteiger partial charge in [-0.3, -0.25) is 4.90 Å². The van der Waals surface area contributed by atoms with Crippen LogP contribution in [0.1, 0.15) is 32.1 Å². The van der Waals surface area contributed by atoms with Gasteiger partial charge < -0.3 is 9.84 Å². The van der Waals surface area contributed by atoms with E-state index in [1.54, 1.807) is 11.3 Å². The molecule has 2 aromatic rings. The molecule has 21 heavy (non-hydrogen) atoms. The molecule has 3 heterocycles. The minimum atomic E-state index is 0.595. The Balaban J connectivity index is 1.58. The molecule has 1 N–H and O–H groups in total. The zero-order chi connectivity index (χ0) is 14.5. The van der Waals surface area contributed by atoms with Crippen LogP contribution in [0, 0.1) is 0 Å². The predicted octanol–water partition coefficient (Wildman–Crippen LogP) is 2.76. The zero-order valence-electron chi connectivity index (χ0n) is 12.4. The maximum atomic E-state index is 5.39. The molecule has 0 aromatic carbocycles. The van der Waals surface area contributed by atoms with Gasteiger partial charge in [0, 0.05) is 23.5 Å². The molecule has 0 spiro atoms. The number of rotatable bonds is 6. The zero-order valence-corrected chi connectivity index (χ0v) is 13.2. The fourth-order valence-electron chi connectivity index (χ4n) is 2.72. The summed E-state index contributed by atoms with van der Waals surface area (Å²) in [7, 11) is 0. The average Bonchev–Trinajstić information content (AvgIpc) is 3.18. The lowest BCUT2D eigenvalue weighted by atomic mass is 10.0. The molecule has 3 rings (SSSR count). The first-order valence-electron chi connectivity index (χ1n) is 7.66. The number of aromatic nitrogens is 2. The van der Waals surface area contributed by atoms with Crippen LogP contribution in [-0.4, -0.2) is 40.7 Å². The summed E-state index contributed by atoms with van der Waals surface area (Å²) in [5.74, 6) is 1.40. The highest BCUT2D eigenvalue weighted by molar-refractivity contribution is 7.08. The summed E-state index contributed by atoms with van der Waals surface area (Å²) in [5, 5.41) is 11.7. The van der Waals surface area contributed by atoms with E-state index in [4.69, 9.17) is 4.52 Å². The third-order valence-corrected chi connectivity index (χ3v) is 4.63. The molecule has 1 unspecified atom stereocenters. The van der Waals surface area contributed by atoms with E-state index in [1.807, 2.05) is 16.8 Å². The van der Waals surface area contributed by atoms with Crippen molar-refractivity contribution in [3.05, 3.63) is 22.7 Å². The fourth-order valence-corrected chi connectivity index (χ4v) is 3.35. The van der Waals surface area contributed by atoms with E-state index < -0.39 is 0 Å². The van der Waals surface area contributed by atoms with Crippen molar-refractivity contribution < 1.29 is 4.52 Å². The molecular formula is C15H22N4OS. The molecule has 1 saturated heterocycles. The normalized spacial score (nSPS) is 19.2. The largest absolute Gasteiger partial charge is 0.338 e. The van der Waals surface area contributed by atoms with Crippen LogP contribution in [0.2, 0.25) is 0 Å². The number of piperidine rings is 1. The second-order valence-corrected chi connectivity index (χ2v) is 6.28. The number of likely N-dealkylation sites (N-methyl/N-ethyl adjacent to an activating group) is 1. The predicted molar refractivity (Wildman–Crippen MR) is 84.2 cm³/mol. The maximum Gasteiger partial charge on any atom is 0.241 e. The molecule has 1 fully saturated rings. The number of nitrogens with zero attached hydrogens (tertiary/aromatic N) is 3. The minimum absolute atomic E-state index is 0.595. The lowest BCUT2D eigenvalue weighted by Gasteiger charge is -2.29. The maximum absolute atomic E-state index is 5.39. The van der Waals surface area contributed by atoms with Gasteiger partial charge in [-0.1, -0.05) is 18.5 Å². The summed E-state index contributed by atoms with van der Waals surface area (Å²) in [6.07, 6.45) is 3.90. The van der Waals surface area contributed by atoms with Crippen LogP contribution in [0.15, 0.2) is 21.3 Å². The van der Waals surface area contributed by atoms with Crippen molar-refractivity contribution in [1.82, 2.24) is 20.4 Å². The van der Waals surface area contributed by atoms with E-state index in [1.165, 1.54) is 19.3 Å². The Morgan fingerprint density at radius 1 is 1.48 bits per heavy atom. The smallest absolute Gasteiger partial charge is 0.241 e. The lowest BCUT2D eigenvalue weighted by Crippen LogP contribution is -2.43. The second-order valence-electron chi connectivity index (χ2n) is 5.50. The standard InChI is InChI=1S/C15H22N4OS/c1-2-19(9-13-5-3-4-7-16-13)10-14-17-15(18-20-14)12-6-8-21-11-12/h6,8,11,13,16H,2-5,7,9-10H2,1H3. The highest BCUT2D eigenvalue weighted by atomic mass is 32.1. The average molecular weight is 306 g/mol. The minimum Gasteiger partial charge on any atom is -0.338 e. The van der Waals surface area contributed by atoms with Crippen molar-refractivity contribution in [2.24, 2.45) is 0 Å². The Morgan fingerprint density at radius 3 is 3.14 bits per heavy atom. The lowest BCUT2D eigenvalue weighted by molar-refractivity contribution is 0.201. The van der Waals surface area contributed by atoms with Crippen LogP contribution < -0.4 is 5.32 Å². The Morgan fingerprint density at radius 2 is 2.43 bits per heavy atom. The number of hydrogen-bond acceptors (Lipinski definition) is 6. The Hall–Kier alpha value is -1.24. The molecule has 1 atom stereocenters. The van der Waals surface area contributed by atoms with E-state index in [0.29, 0.717) is 17.8 Å². The van der Waals surface area contributed by atoms with Crippen LogP contribution in [-0.2, 0) is 6.54 Å². The molecule has 0 bridgehead atoms. The van der Waals surface area contributed by atoms with E-state index in [2.05, 4.69) is 27.3 Å². The Labute approximate surface area is 129 Å². The molecule has 0 radical (unpaired) electrons. The summed E-state index contributed by atoms with van der Waals surface area (Å²) in [5.41, 5.74) is 1.03. The van der Waals surface area contributed by atoms with Crippen LogP contribution >= 0.6 is 11.3 Å². The molecule has 0 amide bonds. The molecule has 1 aliphatic heterocycles. The van der Waals surface area contributed by atoms with E-state index in [-0.39, 0.29) is 0 Å². The topological polar surface area (TPSA) is 54.2 Å². The van der Waals surface area contributed by atoms with Crippen LogP contribution in [0.5, 0.6) is 0 Å². The monoisotopic (exact) mass is 306 g/mol. The molecule has 0 saturated carbocycles. The summed E-state index contributed by atoms with van der Waals surface area (Å²) < 4.78 is 5.39. The van der Waals surface area contributed by atoms with Crippen LogP contribution in [0.25, 0.3) is 11.4 Å². The molecule has 5 nitrogen and oxygen atoms in total.